The zero-order chi connectivity index (χ0) is 9.54. The molecule has 1 heterocycles. The highest BCUT2D eigenvalue weighted by Gasteiger charge is 2.02. The van der Waals surface area contributed by atoms with E-state index in [0.29, 0.717) is 0 Å². The van der Waals surface area contributed by atoms with Crippen LogP contribution < -0.4 is 0 Å². The number of hydrogen-bond donors (Lipinski definition) is 0. The van der Waals surface area contributed by atoms with Crippen LogP contribution >= 0.6 is 11.3 Å². The minimum atomic E-state index is 1.33. The van der Waals surface area contributed by atoms with Gasteiger partial charge in [0.2, 0.25) is 0 Å². The smallest absolute Gasteiger partial charge is 0.0355 e. The number of fused-ring (bicyclic) bond motifs is 3. The molecule has 0 spiro atoms. The average Bonchev–Trinajstić information content (AvgIpc) is 2.56. The lowest BCUT2D eigenvalue weighted by Gasteiger charge is -1.92. The molecular formula is C13H10S. The lowest BCUT2D eigenvalue weighted by Crippen LogP contribution is -1.69. The van der Waals surface area contributed by atoms with E-state index in [-0.39, 0.29) is 0 Å². The molecular weight excluding hydrogens is 188 g/mol. The molecule has 0 atom stereocenters. The van der Waals surface area contributed by atoms with Crippen LogP contribution in [0.25, 0.3) is 20.2 Å². The fourth-order valence-corrected chi connectivity index (χ4v) is 2.93. The summed E-state index contributed by atoms with van der Waals surface area (Å²) in [6, 6.07) is 15.3. The molecule has 0 amide bonds. The average molecular weight is 198 g/mol. The number of benzene rings is 2. The zero-order valence-electron chi connectivity index (χ0n) is 7.95. The summed E-state index contributed by atoms with van der Waals surface area (Å²) in [5, 5.41) is 2.78. The molecule has 0 aliphatic carbocycles. The van der Waals surface area contributed by atoms with Crippen molar-refractivity contribution >= 4 is 31.5 Å². The Bertz CT molecular complexity index is 605. The Morgan fingerprint density at radius 3 is 2.57 bits per heavy atom. The normalized spacial score (nSPS) is 11.2. The lowest BCUT2D eigenvalue weighted by atomic mass is 10.1. The molecule has 3 rings (SSSR count). The number of thiophene rings is 1. The summed E-state index contributed by atoms with van der Waals surface area (Å²) in [4.78, 5) is 0. The molecule has 0 aliphatic heterocycles. The van der Waals surface area contributed by atoms with Gasteiger partial charge in [-0.15, -0.1) is 11.3 Å². The SMILES string of the molecule is Cc1ccc2sc3ccccc3c2c1. The largest absolute Gasteiger partial charge is 0.135 e. The highest BCUT2D eigenvalue weighted by molar-refractivity contribution is 7.25. The van der Waals surface area contributed by atoms with Gasteiger partial charge in [-0.2, -0.15) is 0 Å². The second kappa shape index (κ2) is 2.82. The van der Waals surface area contributed by atoms with Crippen LogP contribution in [0.5, 0.6) is 0 Å². The minimum Gasteiger partial charge on any atom is -0.135 e. The van der Waals surface area contributed by atoms with Gasteiger partial charge in [-0.1, -0.05) is 29.8 Å². The molecule has 2 aromatic carbocycles. The van der Waals surface area contributed by atoms with Crippen LogP contribution in [-0.4, -0.2) is 0 Å². The van der Waals surface area contributed by atoms with Crippen molar-refractivity contribution in [1.29, 1.82) is 0 Å². The first-order valence-corrected chi connectivity index (χ1v) is 5.54. The third-order valence-corrected chi connectivity index (χ3v) is 3.68. The Hall–Kier alpha value is -1.34. The van der Waals surface area contributed by atoms with Crippen LogP contribution in [0.1, 0.15) is 5.56 Å². The summed E-state index contributed by atoms with van der Waals surface area (Å²) in [5.74, 6) is 0. The van der Waals surface area contributed by atoms with Gasteiger partial charge >= 0.3 is 0 Å². The van der Waals surface area contributed by atoms with E-state index in [1.165, 1.54) is 25.7 Å². The maximum atomic E-state index is 2.27. The third-order valence-electron chi connectivity index (χ3n) is 2.53. The third kappa shape index (κ3) is 1.06. The molecule has 0 radical (unpaired) electrons. The Balaban J connectivity index is 2.58. The van der Waals surface area contributed by atoms with Crippen LogP contribution in [0, 0.1) is 6.92 Å². The quantitative estimate of drug-likeness (QED) is 0.503. The van der Waals surface area contributed by atoms with Crippen LogP contribution in [0.4, 0.5) is 0 Å². The van der Waals surface area contributed by atoms with Gasteiger partial charge in [-0.05, 0) is 25.1 Å². The van der Waals surface area contributed by atoms with E-state index in [0.717, 1.165) is 0 Å². The predicted octanol–water partition coefficient (Wildman–Crippen LogP) is 4.36. The van der Waals surface area contributed by atoms with Crippen LogP contribution in [-0.2, 0) is 0 Å². The van der Waals surface area contributed by atoms with Gasteiger partial charge in [-0.3, -0.25) is 0 Å². The number of hydrogen-bond acceptors (Lipinski definition) is 1. The van der Waals surface area contributed by atoms with Crippen LogP contribution in [0.3, 0.4) is 0 Å². The van der Waals surface area contributed by atoms with E-state index in [1.54, 1.807) is 0 Å². The van der Waals surface area contributed by atoms with E-state index in [4.69, 9.17) is 0 Å². The van der Waals surface area contributed by atoms with Crippen molar-refractivity contribution in [3.63, 3.8) is 0 Å². The Labute approximate surface area is 86.8 Å². The molecule has 1 aromatic heterocycles. The molecule has 0 saturated carbocycles. The van der Waals surface area contributed by atoms with Crippen molar-refractivity contribution < 1.29 is 0 Å². The van der Waals surface area contributed by atoms with Gasteiger partial charge < -0.3 is 0 Å². The first-order chi connectivity index (χ1) is 6.84. The van der Waals surface area contributed by atoms with Gasteiger partial charge in [-0.25, -0.2) is 0 Å². The predicted molar refractivity (Wildman–Crippen MR) is 64.1 cm³/mol. The Morgan fingerprint density at radius 2 is 1.64 bits per heavy atom. The zero-order valence-corrected chi connectivity index (χ0v) is 8.77. The maximum Gasteiger partial charge on any atom is 0.0355 e. The minimum absolute atomic E-state index is 1.33. The standard InChI is InChI=1S/C13H10S/c1-9-6-7-13-11(8-9)10-4-2-3-5-12(10)14-13/h2-8H,1H3. The summed E-state index contributed by atoms with van der Waals surface area (Å²) >= 11 is 1.87. The highest BCUT2D eigenvalue weighted by atomic mass is 32.1. The van der Waals surface area contributed by atoms with Crippen molar-refractivity contribution in [3.05, 3.63) is 48.0 Å². The molecule has 0 fully saturated rings. The van der Waals surface area contributed by atoms with Crippen LogP contribution in [0.15, 0.2) is 42.5 Å². The molecule has 0 unspecified atom stereocenters. The molecule has 1 heteroatoms. The summed E-state index contributed by atoms with van der Waals surface area (Å²) < 4.78 is 2.77. The van der Waals surface area contributed by atoms with Gasteiger partial charge in [0.15, 0.2) is 0 Å². The topological polar surface area (TPSA) is 0 Å². The summed E-state index contributed by atoms with van der Waals surface area (Å²) in [5.41, 5.74) is 1.33. The molecule has 14 heavy (non-hydrogen) atoms. The van der Waals surface area contributed by atoms with Crippen molar-refractivity contribution in [2.24, 2.45) is 0 Å². The first-order valence-electron chi connectivity index (χ1n) is 4.72. The van der Waals surface area contributed by atoms with E-state index < -0.39 is 0 Å². The fourth-order valence-electron chi connectivity index (χ4n) is 1.84. The monoisotopic (exact) mass is 198 g/mol. The molecule has 0 nitrogen and oxygen atoms in total. The van der Waals surface area contributed by atoms with Crippen molar-refractivity contribution in [3.8, 4) is 0 Å². The highest BCUT2D eigenvalue weighted by Crippen LogP contribution is 2.33. The Morgan fingerprint density at radius 1 is 0.857 bits per heavy atom. The lowest BCUT2D eigenvalue weighted by molar-refractivity contribution is 1.52. The second-order valence-corrected chi connectivity index (χ2v) is 4.68. The summed E-state index contributed by atoms with van der Waals surface area (Å²) in [6.07, 6.45) is 0. The van der Waals surface area contributed by atoms with Gasteiger partial charge in [0.25, 0.3) is 0 Å². The second-order valence-electron chi connectivity index (χ2n) is 3.60. The molecule has 0 N–H and O–H groups in total. The molecule has 68 valence electrons. The molecule has 3 aromatic rings. The summed E-state index contributed by atoms with van der Waals surface area (Å²) in [7, 11) is 0. The van der Waals surface area contributed by atoms with E-state index >= 15 is 0 Å². The summed E-state index contributed by atoms with van der Waals surface area (Å²) in [6.45, 7) is 2.14. The van der Waals surface area contributed by atoms with E-state index in [1.807, 2.05) is 11.3 Å². The Kier molecular flexibility index (Phi) is 1.62. The van der Waals surface area contributed by atoms with Crippen molar-refractivity contribution in [2.45, 2.75) is 6.92 Å². The molecule has 0 saturated heterocycles. The number of rotatable bonds is 0. The van der Waals surface area contributed by atoms with Gasteiger partial charge in [0, 0.05) is 20.2 Å². The maximum absolute atomic E-state index is 2.27. The van der Waals surface area contributed by atoms with Crippen LogP contribution in [0.2, 0.25) is 0 Å². The first kappa shape index (κ1) is 8.01. The van der Waals surface area contributed by atoms with Gasteiger partial charge in [0.1, 0.15) is 0 Å². The van der Waals surface area contributed by atoms with E-state index in [2.05, 4.69) is 49.4 Å². The van der Waals surface area contributed by atoms with Crippen molar-refractivity contribution in [1.82, 2.24) is 0 Å². The van der Waals surface area contributed by atoms with Crippen molar-refractivity contribution in [2.75, 3.05) is 0 Å². The van der Waals surface area contributed by atoms with Gasteiger partial charge in [0.05, 0.1) is 0 Å². The number of aryl methyl sites for hydroxylation is 1. The van der Waals surface area contributed by atoms with E-state index in [9.17, 15) is 0 Å². The molecule has 0 aliphatic rings. The fraction of sp³-hybridized carbons (Fsp3) is 0.0769. The molecule has 0 bridgehead atoms.